The molecule has 0 atom stereocenters. The highest BCUT2D eigenvalue weighted by atomic mass is 35.5. The van der Waals surface area contributed by atoms with Crippen LogP contribution in [0.25, 0.3) is 10.2 Å². The van der Waals surface area contributed by atoms with E-state index in [-0.39, 0.29) is 18.2 Å². The van der Waals surface area contributed by atoms with Gasteiger partial charge < -0.3 is 0 Å². The number of hydrogen-bond donors (Lipinski definition) is 2. The fraction of sp³-hybridized carbons (Fsp3) is 0.188. The number of nitrogens with zero attached hydrogens (tertiary/aromatic N) is 2. The number of nitrogens with one attached hydrogen (secondary N) is 2. The van der Waals surface area contributed by atoms with E-state index >= 15 is 0 Å². The number of carbonyl (C=O) groups excluding carboxylic acids is 2. The molecule has 3 aromatic rings. The van der Waals surface area contributed by atoms with Crippen molar-refractivity contribution in [3.05, 3.63) is 51.5 Å². The molecular formula is C16H15ClN4O2S. The van der Waals surface area contributed by atoms with Crippen LogP contribution in [0.2, 0.25) is 5.02 Å². The van der Waals surface area contributed by atoms with Crippen LogP contribution in [0, 0.1) is 6.92 Å². The summed E-state index contributed by atoms with van der Waals surface area (Å²) in [7, 11) is 1.83. The quantitative estimate of drug-likeness (QED) is 0.703. The van der Waals surface area contributed by atoms with Crippen molar-refractivity contribution in [3.8, 4) is 0 Å². The lowest BCUT2D eigenvalue weighted by molar-refractivity contribution is -0.121. The number of fused-ring (bicyclic) bond motifs is 1. The molecule has 0 spiro atoms. The van der Waals surface area contributed by atoms with E-state index in [9.17, 15) is 9.59 Å². The van der Waals surface area contributed by atoms with Gasteiger partial charge in [-0.15, -0.1) is 11.3 Å². The molecule has 2 aromatic heterocycles. The number of halogens is 1. The lowest BCUT2D eigenvalue weighted by Gasteiger charge is -2.06. The van der Waals surface area contributed by atoms with Gasteiger partial charge in [-0.1, -0.05) is 23.7 Å². The number of benzene rings is 1. The molecule has 2 amide bonds. The lowest BCUT2D eigenvalue weighted by Crippen LogP contribution is -2.42. The monoisotopic (exact) mass is 362 g/mol. The van der Waals surface area contributed by atoms with Crippen LogP contribution < -0.4 is 10.9 Å². The number of hydrazine groups is 1. The van der Waals surface area contributed by atoms with Crippen molar-refractivity contribution in [1.29, 1.82) is 0 Å². The summed E-state index contributed by atoms with van der Waals surface area (Å²) >= 11 is 7.14. The fourth-order valence-corrected chi connectivity index (χ4v) is 3.48. The average molecular weight is 363 g/mol. The molecule has 2 N–H and O–H groups in total. The minimum atomic E-state index is -0.347. The molecule has 8 heteroatoms. The molecule has 0 fully saturated rings. The van der Waals surface area contributed by atoms with E-state index in [0.29, 0.717) is 9.90 Å². The zero-order chi connectivity index (χ0) is 17.3. The number of thiophene rings is 1. The van der Waals surface area contributed by atoms with Crippen LogP contribution in [-0.4, -0.2) is 21.6 Å². The highest BCUT2D eigenvalue weighted by Crippen LogP contribution is 2.27. The Balaban J connectivity index is 1.60. The molecule has 3 rings (SSSR count). The molecule has 0 aliphatic rings. The fourth-order valence-electron chi connectivity index (χ4n) is 2.34. The van der Waals surface area contributed by atoms with Gasteiger partial charge in [0.2, 0.25) is 5.91 Å². The van der Waals surface area contributed by atoms with Crippen LogP contribution in [0.5, 0.6) is 0 Å². The van der Waals surface area contributed by atoms with E-state index in [0.717, 1.165) is 21.5 Å². The standard InChI is InChI=1S/C16H15ClN4O2S/c1-9-12-8-13(24-16(12)21(2)20-9)15(23)19-18-14(22)7-10-3-5-11(17)6-4-10/h3-6,8H,7H2,1-2H3,(H,18,22)(H,19,23). The summed E-state index contributed by atoms with van der Waals surface area (Å²) in [6, 6.07) is 8.76. The Morgan fingerprint density at radius 2 is 1.96 bits per heavy atom. The maximum Gasteiger partial charge on any atom is 0.279 e. The second-order valence-electron chi connectivity index (χ2n) is 5.34. The van der Waals surface area contributed by atoms with Crippen LogP contribution in [0.15, 0.2) is 30.3 Å². The summed E-state index contributed by atoms with van der Waals surface area (Å²) in [5, 5.41) is 5.85. The minimum Gasteiger partial charge on any atom is -0.273 e. The van der Waals surface area contributed by atoms with E-state index in [1.165, 1.54) is 11.3 Å². The Kier molecular flexibility index (Phi) is 4.55. The molecule has 24 heavy (non-hydrogen) atoms. The summed E-state index contributed by atoms with van der Waals surface area (Å²) in [5.74, 6) is -0.648. The molecule has 0 saturated carbocycles. The third-order valence-electron chi connectivity index (χ3n) is 3.51. The normalized spacial score (nSPS) is 10.8. The summed E-state index contributed by atoms with van der Waals surface area (Å²) in [6.45, 7) is 1.89. The molecule has 6 nitrogen and oxygen atoms in total. The first-order valence-corrected chi connectivity index (χ1v) is 8.40. The first kappa shape index (κ1) is 16.5. The molecular weight excluding hydrogens is 348 g/mol. The van der Waals surface area contributed by atoms with Crippen molar-refractivity contribution >= 4 is 45.0 Å². The zero-order valence-corrected chi connectivity index (χ0v) is 14.7. The summed E-state index contributed by atoms with van der Waals surface area (Å²) in [6.07, 6.45) is 0.160. The van der Waals surface area contributed by atoms with Gasteiger partial charge in [-0.2, -0.15) is 5.10 Å². The minimum absolute atomic E-state index is 0.160. The summed E-state index contributed by atoms with van der Waals surface area (Å²) < 4.78 is 1.74. The van der Waals surface area contributed by atoms with E-state index in [2.05, 4.69) is 16.0 Å². The molecule has 0 aliphatic heterocycles. The number of aryl methyl sites for hydroxylation is 2. The number of rotatable bonds is 3. The molecule has 124 valence electrons. The smallest absolute Gasteiger partial charge is 0.273 e. The van der Waals surface area contributed by atoms with Crippen LogP contribution in [-0.2, 0) is 18.3 Å². The molecule has 0 saturated heterocycles. The van der Waals surface area contributed by atoms with Gasteiger partial charge in [0.25, 0.3) is 5.91 Å². The van der Waals surface area contributed by atoms with Gasteiger partial charge >= 0.3 is 0 Å². The summed E-state index contributed by atoms with van der Waals surface area (Å²) in [5.41, 5.74) is 6.54. The molecule has 0 radical (unpaired) electrons. The molecule has 0 bridgehead atoms. The maximum absolute atomic E-state index is 12.2. The van der Waals surface area contributed by atoms with E-state index in [1.54, 1.807) is 35.0 Å². The van der Waals surface area contributed by atoms with Crippen LogP contribution in [0.1, 0.15) is 20.9 Å². The first-order chi connectivity index (χ1) is 11.4. The third kappa shape index (κ3) is 3.42. The van der Waals surface area contributed by atoms with Crippen molar-refractivity contribution in [2.45, 2.75) is 13.3 Å². The highest BCUT2D eigenvalue weighted by Gasteiger charge is 2.15. The Morgan fingerprint density at radius 1 is 1.25 bits per heavy atom. The van der Waals surface area contributed by atoms with Crippen molar-refractivity contribution < 1.29 is 9.59 Å². The van der Waals surface area contributed by atoms with Crippen molar-refractivity contribution in [2.24, 2.45) is 7.05 Å². The predicted octanol–water partition coefficient (Wildman–Crippen LogP) is 2.60. The number of hydrogen-bond acceptors (Lipinski definition) is 4. The first-order valence-electron chi connectivity index (χ1n) is 7.21. The number of aromatic nitrogens is 2. The number of amides is 2. The second-order valence-corrected chi connectivity index (χ2v) is 6.81. The van der Waals surface area contributed by atoms with Crippen molar-refractivity contribution in [3.63, 3.8) is 0 Å². The Bertz CT molecular complexity index is 880. The topological polar surface area (TPSA) is 76.0 Å². The van der Waals surface area contributed by atoms with Gasteiger partial charge in [0.1, 0.15) is 4.83 Å². The van der Waals surface area contributed by atoms with E-state index in [1.807, 2.05) is 14.0 Å². The number of carbonyl (C=O) groups is 2. The maximum atomic E-state index is 12.2. The molecule has 1 aromatic carbocycles. The largest absolute Gasteiger partial charge is 0.279 e. The van der Waals surface area contributed by atoms with Crippen LogP contribution in [0.4, 0.5) is 0 Å². The Morgan fingerprint density at radius 3 is 2.62 bits per heavy atom. The Labute approximate surface area is 147 Å². The lowest BCUT2D eigenvalue weighted by atomic mass is 10.1. The van der Waals surface area contributed by atoms with Crippen molar-refractivity contribution in [1.82, 2.24) is 20.6 Å². The van der Waals surface area contributed by atoms with Gasteiger partial charge in [0.05, 0.1) is 17.0 Å². The van der Waals surface area contributed by atoms with Gasteiger partial charge in [-0.25, -0.2) is 0 Å². The predicted molar refractivity (Wildman–Crippen MR) is 94.1 cm³/mol. The SMILES string of the molecule is Cc1nn(C)c2sc(C(=O)NNC(=O)Cc3ccc(Cl)cc3)cc12. The van der Waals surface area contributed by atoms with E-state index < -0.39 is 0 Å². The second kappa shape index (κ2) is 6.62. The van der Waals surface area contributed by atoms with Crippen LogP contribution >= 0.6 is 22.9 Å². The molecule has 2 heterocycles. The highest BCUT2D eigenvalue weighted by molar-refractivity contribution is 7.20. The zero-order valence-electron chi connectivity index (χ0n) is 13.1. The van der Waals surface area contributed by atoms with Crippen LogP contribution in [0.3, 0.4) is 0 Å². The van der Waals surface area contributed by atoms with Gasteiger partial charge in [0, 0.05) is 17.5 Å². The van der Waals surface area contributed by atoms with Gasteiger partial charge in [-0.3, -0.25) is 25.1 Å². The van der Waals surface area contributed by atoms with Crippen molar-refractivity contribution in [2.75, 3.05) is 0 Å². The average Bonchev–Trinajstić information content (AvgIpc) is 3.10. The third-order valence-corrected chi connectivity index (χ3v) is 4.97. The van der Waals surface area contributed by atoms with Gasteiger partial charge in [-0.05, 0) is 30.7 Å². The summed E-state index contributed by atoms with van der Waals surface area (Å²) in [4.78, 5) is 25.5. The molecule has 0 unspecified atom stereocenters. The van der Waals surface area contributed by atoms with Gasteiger partial charge in [0.15, 0.2) is 0 Å². The van der Waals surface area contributed by atoms with E-state index in [4.69, 9.17) is 11.6 Å². The molecule has 0 aliphatic carbocycles. The Hall–Kier alpha value is -2.38.